The molecule has 0 aliphatic carbocycles. The van der Waals surface area contributed by atoms with Gasteiger partial charge >= 0.3 is 0 Å². The summed E-state index contributed by atoms with van der Waals surface area (Å²) in [5.41, 5.74) is 6.30. The number of anilines is 1. The SMILES string of the molecule is CN(C)c1cccc(-c2ccc3c4ccc5ccccc5c4n(C)c3c2)c1. The topological polar surface area (TPSA) is 8.17 Å². The van der Waals surface area contributed by atoms with Gasteiger partial charge in [-0.25, -0.2) is 0 Å². The van der Waals surface area contributed by atoms with Crippen molar-refractivity contribution < 1.29 is 0 Å². The molecule has 1 aromatic heterocycles. The molecular formula is C25H22N2. The smallest absolute Gasteiger partial charge is 0.0568 e. The number of benzene rings is 4. The summed E-state index contributed by atoms with van der Waals surface area (Å²) in [4.78, 5) is 2.14. The minimum absolute atomic E-state index is 1.22. The van der Waals surface area contributed by atoms with Gasteiger partial charge in [-0.1, -0.05) is 60.7 Å². The van der Waals surface area contributed by atoms with Gasteiger partial charge in [0.05, 0.1) is 5.52 Å². The average molecular weight is 350 g/mol. The van der Waals surface area contributed by atoms with Gasteiger partial charge in [-0.05, 0) is 34.7 Å². The highest BCUT2D eigenvalue weighted by molar-refractivity contribution is 6.18. The van der Waals surface area contributed by atoms with Crippen LogP contribution in [0.2, 0.25) is 0 Å². The summed E-state index contributed by atoms with van der Waals surface area (Å²) in [5, 5.41) is 5.23. The molecule has 0 unspecified atom stereocenters. The quantitative estimate of drug-likeness (QED) is 0.367. The van der Waals surface area contributed by atoms with Gasteiger partial charge in [-0.3, -0.25) is 0 Å². The Morgan fingerprint density at radius 2 is 1.44 bits per heavy atom. The van der Waals surface area contributed by atoms with Gasteiger partial charge in [0.15, 0.2) is 0 Å². The number of nitrogens with zero attached hydrogens (tertiary/aromatic N) is 2. The summed E-state index contributed by atoms with van der Waals surface area (Å²) in [5.74, 6) is 0. The monoisotopic (exact) mass is 350 g/mol. The van der Waals surface area contributed by atoms with E-state index in [1.54, 1.807) is 0 Å². The Hall–Kier alpha value is -3.26. The highest BCUT2D eigenvalue weighted by atomic mass is 15.1. The molecule has 1 heterocycles. The second kappa shape index (κ2) is 5.88. The third-order valence-electron chi connectivity index (χ3n) is 5.58. The Balaban J connectivity index is 1.79. The standard InChI is InChI=1S/C25H22N2/c1-26(2)20-9-6-8-18(15-20)19-12-13-22-23-14-11-17-7-4-5-10-21(17)25(23)27(3)24(22)16-19/h4-16H,1-3H3. The van der Waals surface area contributed by atoms with E-state index in [4.69, 9.17) is 0 Å². The van der Waals surface area contributed by atoms with E-state index in [1.165, 1.54) is 49.4 Å². The molecule has 0 spiro atoms. The molecule has 0 N–H and O–H groups in total. The fraction of sp³-hybridized carbons (Fsp3) is 0.120. The van der Waals surface area contributed by atoms with Gasteiger partial charge in [0.2, 0.25) is 0 Å². The number of hydrogen-bond donors (Lipinski definition) is 0. The lowest BCUT2D eigenvalue weighted by atomic mass is 10.0. The van der Waals surface area contributed by atoms with Crippen molar-refractivity contribution in [2.75, 3.05) is 19.0 Å². The summed E-state index contributed by atoms with van der Waals surface area (Å²) >= 11 is 0. The highest BCUT2D eigenvalue weighted by Crippen LogP contribution is 2.35. The summed E-state index contributed by atoms with van der Waals surface area (Å²) in [6, 6.07) is 28.7. The average Bonchev–Trinajstić information content (AvgIpc) is 3.00. The molecule has 4 aromatic carbocycles. The molecule has 2 heteroatoms. The van der Waals surface area contributed by atoms with E-state index in [-0.39, 0.29) is 0 Å². The van der Waals surface area contributed by atoms with E-state index in [1.807, 2.05) is 0 Å². The molecule has 132 valence electrons. The minimum Gasteiger partial charge on any atom is -0.378 e. The lowest BCUT2D eigenvalue weighted by molar-refractivity contribution is 1.02. The van der Waals surface area contributed by atoms with Crippen molar-refractivity contribution in [3.05, 3.63) is 78.9 Å². The van der Waals surface area contributed by atoms with E-state index in [9.17, 15) is 0 Å². The Kier molecular flexibility index (Phi) is 3.48. The molecule has 0 saturated heterocycles. The Morgan fingerprint density at radius 3 is 2.30 bits per heavy atom. The van der Waals surface area contributed by atoms with Crippen molar-refractivity contribution in [2.45, 2.75) is 0 Å². The molecule has 0 fully saturated rings. The molecule has 0 atom stereocenters. The molecule has 0 aliphatic rings. The van der Waals surface area contributed by atoms with Crippen LogP contribution < -0.4 is 4.90 Å². The molecule has 27 heavy (non-hydrogen) atoms. The van der Waals surface area contributed by atoms with E-state index in [0.717, 1.165) is 0 Å². The van der Waals surface area contributed by atoms with Gasteiger partial charge in [0.1, 0.15) is 0 Å². The first-order valence-electron chi connectivity index (χ1n) is 9.31. The summed E-state index contributed by atoms with van der Waals surface area (Å²) in [7, 11) is 6.34. The Morgan fingerprint density at radius 1 is 0.667 bits per heavy atom. The Bertz CT molecular complexity index is 1310. The van der Waals surface area contributed by atoms with Crippen LogP contribution in [-0.2, 0) is 7.05 Å². The molecule has 0 radical (unpaired) electrons. The molecular weight excluding hydrogens is 328 g/mol. The van der Waals surface area contributed by atoms with Gasteiger partial charge in [0, 0.05) is 48.5 Å². The van der Waals surface area contributed by atoms with Crippen LogP contribution in [0.5, 0.6) is 0 Å². The van der Waals surface area contributed by atoms with Crippen LogP contribution in [-0.4, -0.2) is 18.7 Å². The van der Waals surface area contributed by atoms with Gasteiger partial charge < -0.3 is 9.47 Å². The predicted molar refractivity (Wildman–Crippen MR) is 118 cm³/mol. The zero-order valence-corrected chi connectivity index (χ0v) is 15.9. The first-order chi connectivity index (χ1) is 13.1. The minimum atomic E-state index is 1.22. The second-order valence-corrected chi connectivity index (χ2v) is 7.42. The van der Waals surface area contributed by atoms with E-state index in [2.05, 4.69) is 109 Å². The van der Waals surface area contributed by atoms with Crippen LogP contribution in [0.4, 0.5) is 5.69 Å². The predicted octanol–water partition coefficient (Wildman–Crippen LogP) is 6.22. The molecule has 0 aliphatic heterocycles. The van der Waals surface area contributed by atoms with Crippen molar-refractivity contribution >= 4 is 38.3 Å². The van der Waals surface area contributed by atoms with Crippen LogP contribution in [0.25, 0.3) is 43.7 Å². The van der Waals surface area contributed by atoms with Gasteiger partial charge in [-0.2, -0.15) is 0 Å². The number of aryl methyl sites for hydroxylation is 1. The van der Waals surface area contributed by atoms with Crippen molar-refractivity contribution in [1.29, 1.82) is 0 Å². The third-order valence-corrected chi connectivity index (χ3v) is 5.58. The first kappa shape index (κ1) is 16.0. The summed E-state index contributed by atoms with van der Waals surface area (Å²) in [6.07, 6.45) is 0. The summed E-state index contributed by atoms with van der Waals surface area (Å²) in [6.45, 7) is 0. The maximum absolute atomic E-state index is 2.34. The Labute approximate surface area is 159 Å². The number of aromatic nitrogens is 1. The first-order valence-corrected chi connectivity index (χ1v) is 9.31. The molecule has 2 nitrogen and oxygen atoms in total. The van der Waals surface area contributed by atoms with Crippen LogP contribution in [0, 0.1) is 0 Å². The second-order valence-electron chi connectivity index (χ2n) is 7.42. The zero-order valence-electron chi connectivity index (χ0n) is 15.9. The largest absolute Gasteiger partial charge is 0.378 e. The molecule has 5 aromatic rings. The van der Waals surface area contributed by atoms with Crippen molar-refractivity contribution in [1.82, 2.24) is 4.57 Å². The third kappa shape index (κ3) is 2.41. The van der Waals surface area contributed by atoms with Crippen LogP contribution in [0.3, 0.4) is 0 Å². The van der Waals surface area contributed by atoms with Crippen molar-refractivity contribution in [3.63, 3.8) is 0 Å². The highest BCUT2D eigenvalue weighted by Gasteiger charge is 2.12. The molecule has 5 rings (SSSR count). The molecule has 0 saturated carbocycles. The fourth-order valence-corrected chi connectivity index (χ4v) is 4.13. The van der Waals surface area contributed by atoms with Gasteiger partial charge in [0.25, 0.3) is 0 Å². The zero-order chi connectivity index (χ0) is 18.5. The number of fused-ring (bicyclic) bond motifs is 5. The molecule has 0 amide bonds. The van der Waals surface area contributed by atoms with Crippen LogP contribution in [0.15, 0.2) is 78.9 Å². The summed E-state index contributed by atoms with van der Waals surface area (Å²) < 4.78 is 2.34. The maximum Gasteiger partial charge on any atom is 0.0568 e. The normalized spacial score (nSPS) is 11.5. The fourth-order valence-electron chi connectivity index (χ4n) is 4.13. The lowest BCUT2D eigenvalue weighted by Gasteiger charge is -2.13. The molecule has 0 bridgehead atoms. The maximum atomic E-state index is 2.34. The number of rotatable bonds is 2. The van der Waals surface area contributed by atoms with Crippen LogP contribution in [0.1, 0.15) is 0 Å². The number of hydrogen-bond acceptors (Lipinski definition) is 1. The van der Waals surface area contributed by atoms with E-state index < -0.39 is 0 Å². The van der Waals surface area contributed by atoms with Gasteiger partial charge in [-0.15, -0.1) is 0 Å². The lowest BCUT2D eigenvalue weighted by Crippen LogP contribution is -2.08. The van der Waals surface area contributed by atoms with E-state index >= 15 is 0 Å². The van der Waals surface area contributed by atoms with Crippen LogP contribution >= 0.6 is 0 Å². The van der Waals surface area contributed by atoms with Crippen molar-refractivity contribution in [2.24, 2.45) is 7.05 Å². The van der Waals surface area contributed by atoms with E-state index in [0.29, 0.717) is 0 Å². The van der Waals surface area contributed by atoms with Crippen molar-refractivity contribution in [3.8, 4) is 11.1 Å².